The van der Waals surface area contributed by atoms with Crippen LogP contribution in [0.5, 0.6) is 0 Å². The predicted octanol–water partition coefficient (Wildman–Crippen LogP) is 3.03. The summed E-state index contributed by atoms with van der Waals surface area (Å²) in [6.07, 6.45) is 9.39. The third kappa shape index (κ3) is 4.26. The lowest BCUT2D eigenvalue weighted by Crippen LogP contribution is -2.36. The van der Waals surface area contributed by atoms with Crippen LogP contribution in [-0.2, 0) is 9.59 Å². The third-order valence-corrected chi connectivity index (χ3v) is 6.68. The first-order valence-corrected chi connectivity index (χ1v) is 9.98. The first kappa shape index (κ1) is 18.1. The van der Waals surface area contributed by atoms with Crippen LogP contribution in [0.1, 0.15) is 77.0 Å². The van der Waals surface area contributed by atoms with Crippen molar-refractivity contribution in [1.82, 2.24) is 0 Å². The normalized spacial score (nSPS) is 40.9. The summed E-state index contributed by atoms with van der Waals surface area (Å²) in [6.45, 7) is 0. The summed E-state index contributed by atoms with van der Waals surface area (Å²) in [5.74, 6) is 1.05. The molecule has 0 aromatic rings. The third-order valence-electron chi connectivity index (χ3n) is 6.68. The Hall–Kier alpha value is -0.740. The van der Waals surface area contributed by atoms with E-state index in [1.165, 1.54) is 0 Å². The van der Waals surface area contributed by atoms with Gasteiger partial charge in [0.05, 0.1) is 12.2 Å². The van der Waals surface area contributed by atoms with Crippen molar-refractivity contribution in [3.63, 3.8) is 0 Å². The van der Waals surface area contributed by atoms with E-state index < -0.39 is 0 Å². The number of rotatable bonds is 4. The molecule has 24 heavy (non-hydrogen) atoms. The summed E-state index contributed by atoms with van der Waals surface area (Å²) in [7, 11) is 0. The summed E-state index contributed by atoms with van der Waals surface area (Å²) in [6, 6.07) is 0. The van der Waals surface area contributed by atoms with Crippen LogP contribution in [0.4, 0.5) is 0 Å². The zero-order valence-corrected chi connectivity index (χ0v) is 14.7. The molecule has 0 aromatic heterocycles. The molecule has 0 aromatic carbocycles. The van der Waals surface area contributed by atoms with Gasteiger partial charge in [0.1, 0.15) is 11.6 Å². The Morgan fingerprint density at radius 3 is 1.29 bits per heavy atom. The van der Waals surface area contributed by atoms with Gasteiger partial charge in [0, 0.05) is 23.7 Å². The van der Waals surface area contributed by atoms with Crippen LogP contribution < -0.4 is 0 Å². The Bertz CT molecular complexity index is 405. The van der Waals surface area contributed by atoms with Crippen molar-refractivity contribution >= 4 is 11.6 Å². The van der Waals surface area contributed by atoms with Gasteiger partial charge in [0.25, 0.3) is 0 Å². The molecular weight excluding hydrogens is 304 g/mol. The molecule has 0 bridgehead atoms. The van der Waals surface area contributed by atoms with Crippen molar-refractivity contribution in [3.05, 3.63) is 0 Å². The van der Waals surface area contributed by atoms with E-state index >= 15 is 0 Å². The largest absolute Gasteiger partial charge is 0.393 e. The van der Waals surface area contributed by atoms with Crippen molar-refractivity contribution in [2.75, 3.05) is 0 Å². The van der Waals surface area contributed by atoms with Gasteiger partial charge in [-0.2, -0.15) is 0 Å². The Morgan fingerprint density at radius 2 is 0.917 bits per heavy atom. The van der Waals surface area contributed by atoms with Gasteiger partial charge in [-0.1, -0.05) is 6.42 Å². The predicted molar refractivity (Wildman–Crippen MR) is 91.4 cm³/mol. The maximum Gasteiger partial charge on any atom is 0.139 e. The minimum atomic E-state index is -0.226. The molecular formula is C20H32O4. The van der Waals surface area contributed by atoms with Gasteiger partial charge < -0.3 is 10.2 Å². The highest BCUT2D eigenvalue weighted by Crippen LogP contribution is 2.38. The molecule has 3 fully saturated rings. The van der Waals surface area contributed by atoms with Crippen LogP contribution >= 0.6 is 0 Å². The Kier molecular flexibility index (Phi) is 6.09. The molecule has 3 rings (SSSR count). The lowest BCUT2D eigenvalue weighted by molar-refractivity contribution is -0.133. The number of aliphatic hydroxyl groups is 2. The fourth-order valence-electron chi connectivity index (χ4n) is 5.09. The van der Waals surface area contributed by atoms with E-state index in [1.807, 2.05) is 0 Å². The fraction of sp³-hybridized carbons (Fsp3) is 0.900. The first-order valence-electron chi connectivity index (χ1n) is 9.98. The maximum atomic E-state index is 12.8. The fourth-order valence-corrected chi connectivity index (χ4v) is 5.09. The van der Waals surface area contributed by atoms with Gasteiger partial charge in [-0.05, 0) is 70.6 Å². The second-order valence-electron chi connectivity index (χ2n) is 8.38. The monoisotopic (exact) mass is 336 g/mol. The maximum absolute atomic E-state index is 12.8. The molecule has 0 aliphatic heterocycles. The van der Waals surface area contributed by atoms with Gasteiger partial charge in [-0.25, -0.2) is 0 Å². The summed E-state index contributed by atoms with van der Waals surface area (Å²) in [5, 5.41) is 19.2. The number of carbonyl (C=O) groups excluding carboxylic acids is 2. The molecule has 2 N–H and O–H groups in total. The van der Waals surface area contributed by atoms with Crippen LogP contribution in [0.3, 0.4) is 0 Å². The topological polar surface area (TPSA) is 74.6 Å². The summed E-state index contributed by atoms with van der Waals surface area (Å²) in [5.41, 5.74) is 0. The van der Waals surface area contributed by atoms with E-state index in [-0.39, 0.29) is 35.9 Å². The van der Waals surface area contributed by atoms with Crippen LogP contribution in [0, 0.1) is 23.7 Å². The summed E-state index contributed by atoms with van der Waals surface area (Å²) >= 11 is 0. The molecule has 2 unspecified atom stereocenters. The molecule has 4 nitrogen and oxygen atoms in total. The van der Waals surface area contributed by atoms with Crippen LogP contribution in [0.25, 0.3) is 0 Å². The lowest BCUT2D eigenvalue weighted by Gasteiger charge is -2.34. The average molecular weight is 336 g/mol. The lowest BCUT2D eigenvalue weighted by atomic mass is 9.69. The minimum Gasteiger partial charge on any atom is -0.393 e. The Labute approximate surface area is 145 Å². The summed E-state index contributed by atoms with van der Waals surface area (Å²) in [4.78, 5) is 25.6. The van der Waals surface area contributed by atoms with Crippen molar-refractivity contribution in [2.45, 2.75) is 89.3 Å². The smallest absolute Gasteiger partial charge is 0.139 e. The van der Waals surface area contributed by atoms with E-state index in [0.29, 0.717) is 11.6 Å². The number of carbonyl (C=O) groups is 2. The zero-order valence-electron chi connectivity index (χ0n) is 14.7. The standard InChI is InChI=1S/C20H32O4/c21-17-8-4-13(5-9-17)19(23)15-2-1-3-16(12-15)20(24)14-6-10-18(22)11-7-14/h13-18,21-22H,1-12H2. The first-order chi connectivity index (χ1) is 11.5. The van der Waals surface area contributed by atoms with Crippen LogP contribution in [0.2, 0.25) is 0 Å². The molecule has 0 saturated heterocycles. The van der Waals surface area contributed by atoms with Gasteiger partial charge in [0.15, 0.2) is 0 Å². The molecule has 3 aliphatic carbocycles. The second kappa shape index (κ2) is 8.09. The average Bonchev–Trinajstić information content (AvgIpc) is 2.62. The molecule has 4 heteroatoms. The Morgan fingerprint density at radius 1 is 0.542 bits per heavy atom. The van der Waals surface area contributed by atoms with E-state index in [0.717, 1.165) is 77.0 Å². The van der Waals surface area contributed by atoms with Gasteiger partial charge >= 0.3 is 0 Å². The molecule has 0 amide bonds. The highest BCUT2D eigenvalue weighted by Gasteiger charge is 2.37. The van der Waals surface area contributed by atoms with E-state index in [1.54, 1.807) is 0 Å². The van der Waals surface area contributed by atoms with E-state index in [4.69, 9.17) is 0 Å². The molecule has 3 aliphatic rings. The molecule has 2 atom stereocenters. The van der Waals surface area contributed by atoms with Gasteiger partial charge in [-0.3, -0.25) is 9.59 Å². The number of aliphatic hydroxyl groups excluding tert-OH is 2. The van der Waals surface area contributed by atoms with Crippen molar-refractivity contribution in [1.29, 1.82) is 0 Å². The molecule has 0 spiro atoms. The highest BCUT2D eigenvalue weighted by atomic mass is 16.3. The molecule has 0 radical (unpaired) electrons. The molecule has 136 valence electrons. The number of hydrogen-bond acceptors (Lipinski definition) is 4. The van der Waals surface area contributed by atoms with Crippen LogP contribution in [0.15, 0.2) is 0 Å². The van der Waals surface area contributed by atoms with Crippen LogP contribution in [-0.4, -0.2) is 34.0 Å². The van der Waals surface area contributed by atoms with E-state index in [9.17, 15) is 19.8 Å². The Balaban J connectivity index is 1.54. The minimum absolute atomic E-state index is 0.0575. The summed E-state index contributed by atoms with van der Waals surface area (Å²) < 4.78 is 0. The molecule has 3 saturated carbocycles. The number of ketones is 2. The zero-order chi connectivity index (χ0) is 17.1. The highest BCUT2D eigenvalue weighted by molar-refractivity contribution is 5.87. The van der Waals surface area contributed by atoms with Crippen molar-refractivity contribution < 1.29 is 19.8 Å². The van der Waals surface area contributed by atoms with E-state index in [2.05, 4.69) is 0 Å². The SMILES string of the molecule is O=C(C1CCC(O)CC1)C1CCCC(C(=O)C2CCC(O)CC2)C1. The number of Topliss-reactive ketones (excluding diaryl/α,β-unsaturated/α-hetero) is 2. The molecule has 0 heterocycles. The van der Waals surface area contributed by atoms with Gasteiger partial charge in [-0.15, -0.1) is 0 Å². The van der Waals surface area contributed by atoms with Gasteiger partial charge in [0.2, 0.25) is 0 Å². The second-order valence-corrected chi connectivity index (χ2v) is 8.38. The van der Waals surface area contributed by atoms with Crippen molar-refractivity contribution in [3.8, 4) is 0 Å². The number of hydrogen-bond donors (Lipinski definition) is 2. The quantitative estimate of drug-likeness (QED) is 0.827. The van der Waals surface area contributed by atoms with Crippen molar-refractivity contribution in [2.24, 2.45) is 23.7 Å².